The number of carbonyl (C=O) groups excluding carboxylic acids is 1. The van der Waals surface area contributed by atoms with E-state index in [-0.39, 0.29) is 0 Å². The van der Waals surface area contributed by atoms with Gasteiger partial charge in [0.05, 0.1) is 0 Å². The molecule has 0 radical (unpaired) electrons. The zero-order valence-corrected chi connectivity index (χ0v) is 10.2. The first kappa shape index (κ1) is 12.2. The minimum absolute atomic E-state index is 0.446. The van der Waals surface area contributed by atoms with Crippen molar-refractivity contribution in [3.8, 4) is 11.5 Å². The van der Waals surface area contributed by atoms with E-state index >= 15 is 0 Å². The molecule has 0 bridgehead atoms. The van der Waals surface area contributed by atoms with Crippen LogP contribution in [0.4, 0.5) is 0 Å². The number of nitrogens with two attached hydrogens (primary N) is 1. The number of benzene rings is 2. The summed E-state index contributed by atoms with van der Waals surface area (Å²) in [6, 6.07) is 14.7. The van der Waals surface area contributed by atoms with E-state index in [9.17, 15) is 4.79 Å². The maximum atomic E-state index is 11.1. The van der Waals surface area contributed by atoms with Crippen LogP contribution in [0.2, 0.25) is 0 Å². The Morgan fingerprint density at radius 3 is 2.67 bits per heavy atom. The number of hydrogen-bond donors (Lipinski definition) is 1. The molecule has 0 atom stereocenters. The van der Waals surface area contributed by atoms with Gasteiger partial charge in [0.25, 0.3) is 0 Å². The monoisotopic (exact) mass is 241 g/mol. The lowest BCUT2D eigenvalue weighted by Crippen LogP contribution is -2.10. The summed E-state index contributed by atoms with van der Waals surface area (Å²) in [7, 11) is 0. The van der Waals surface area contributed by atoms with Gasteiger partial charge < -0.3 is 10.5 Å². The minimum Gasteiger partial charge on any atom is -0.457 e. The summed E-state index contributed by atoms with van der Waals surface area (Å²) in [5.74, 6) is 0.970. The number of ether oxygens (including phenoxy) is 1. The van der Waals surface area contributed by atoms with Crippen LogP contribution in [0.15, 0.2) is 48.5 Å². The molecule has 0 unspecified atom stereocenters. The van der Waals surface area contributed by atoms with Gasteiger partial charge in [-0.15, -0.1) is 0 Å². The molecular formula is C15H15NO2. The van der Waals surface area contributed by atoms with Crippen LogP contribution in [0.3, 0.4) is 0 Å². The molecule has 1 amide bonds. The summed E-state index contributed by atoms with van der Waals surface area (Å²) in [5, 5.41) is 0. The van der Waals surface area contributed by atoms with E-state index in [1.807, 2.05) is 24.3 Å². The second-order valence-corrected chi connectivity index (χ2v) is 3.96. The molecule has 0 saturated carbocycles. The number of primary amides is 1. The number of hydrogen-bond acceptors (Lipinski definition) is 2. The number of aryl methyl sites for hydroxylation is 1. The van der Waals surface area contributed by atoms with Gasteiger partial charge in [-0.3, -0.25) is 4.79 Å². The van der Waals surface area contributed by atoms with Crippen molar-refractivity contribution in [1.82, 2.24) is 0 Å². The van der Waals surface area contributed by atoms with Crippen LogP contribution in [-0.4, -0.2) is 5.91 Å². The Labute approximate surface area is 106 Å². The standard InChI is InChI=1S/C15H15NO2/c1-2-11-6-3-4-9-14(11)18-13-8-5-7-12(10-13)15(16)17/h3-10H,2H2,1H3,(H2,16,17). The number of carbonyl (C=O) groups is 1. The Hall–Kier alpha value is -2.29. The molecule has 2 aromatic carbocycles. The van der Waals surface area contributed by atoms with Gasteiger partial charge in [0.15, 0.2) is 0 Å². The third kappa shape index (κ3) is 2.69. The first-order valence-corrected chi connectivity index (χ1v) is 5.86. The average molecular weight is 241 g/mol. The lowest BCUT2D eigenvalue weighted by atomic mass is 10.1. The van der Waals surface area contributed by atoms with Gasteiger partial charge in [0.1, 0.15) is 11.5 Å². The van der Waals surface area contributed by atoms with Crippen molar-refractivity contribution < 1.29 is 9.53 Å². The normalized spacial score (nSPS) is 10.1. The Bertz CT molecular complexity index is 564. The van der Waals surface area contributed by atoms with Crippen LogP contribution in [0.5, 0.6) is 11.5 Å². The Morgan fingerprint density at radius 2 is 1.94 bits per heavy atom. The van der Waals surface area contributed by atoms with Crippen LogP contribution >= 0.6 is 0 Å². The van der Waals surface area contributed by atoms with Crippen molar-refractivity contribution in [1.29, 1.82) is 0 Å². The van der Waals surface area contributed by atoms with Crippen molar-refractivity contribution in [2.75, 3.05) is 0 Å². The lowest BCUT2D eigenvalue weighted by Gasteiger charge is -2.10. The molecule has 0 aliphatic carbocycles. The lowest BCUT2D eigenvalue weighted by molar-refractivity contribution is 0.1000. The zero-order valence-electron chi connectivity index (χ0n) is 10.2. The number of amides is 1. The predicted molar refractivity (Wildman–Crippen MR) is 70.9 cm³/mol. The van der Waals surface area contributed by atoms with Gasteiger partial charge in [-0.05, 0) is 36.2 Å². The summed E-state index contributed by atoms with van der Waals surface area (Å²) < 4.78 is 5.78. The van der Waals surface area contributed by atoms with Gasteiger partial charge >= 0.3 is 0 Å². The molecular weight excluding hydrogens is 226 g/mol. The van der Waals surface area contributed by atoms with Crippen molar-refractivity contribution in [2.24, 2.45) is 5.73 Å². The van der Waals surface area contributed by atoms with Crippen LogP contribution in [0.1, 0.15) is 22.8 Å². The van der Waals surface area contributed by atoms with Crippen molar-refractivity contribution >= 4 is 5.91 Å². The predicted octanol–water partition coefficient (Wildman–Crippen LogP) is 3.14. The van der Waals surface area contributed by atoms with Crippen molar-refractivity contribution in [3.05, 3.63) is 59.7 Å². The minimum atomic E-state index is -0.454. The molecule has 0 fully saturated rings. The van der Waals surface area contributed by atoms with Gasteiger partial charge in [-0.2, -0.15) is 0 Å². The molecule has 3 heteroatoms. The molecule has 2 aromatic rings. The highest BCUT2D eigenvalue weighted by molar-refractivity contribution is 5.93. The Balaban J connectivity index is 2.28. The summed E-state index contributed by atoms with van der Waals surface area (Å²) in [4.78, 5) is 11.1. The molecule has 0 saturated heterocycles. The quantitative estimate of drug-likeness (QED) is 0.894. The van der Waals surface area contributed by atoms with Gasteiger partial charge in [-0.1, -0.05) is 31.2 Å². The molecule has 2 rings (SSSR count). The summed E-state index contributed by atoms with van der Waals surface area (Å²) >= 11 is 0. The maximum Gasteiger partial charge on any atom is 0.248 e. The van der Waals surface area contributed by atoms with Crippen LogP contribution < -0.4 is 10.5 Å². The number of rotatable bonds is 4. The molecule has 0 aliphatic rings. The Morgan fingerprint density at radius 1 is 1.17 bits per heavy atom. The molecule has 0 aliphatic heterocycles. The van der Waals surface area contributed by atoms with Crippen LogP contribution in [-0.2, 0) is 6.42 Å². The third-order valence-corrected chi connectivity index (χ3v) is 2.70. The largest absolute Gasteiger partial charge is 0.457 e. The topological polar surface area (TPSA) is 52.3 Å². The summed E-state index contributed by atoms with van der Waals surface area (Å²) in [6.07, 6.45) is 0.895. The highest BCUT2D eigenvalue weighted by Gasteiger charge is 2.05. The van der Waals surface area contributed by atoms with Crippen molar-refractivity contribution in [2.45, 2.75) is 13.3 Å². The van der Waals surface area contributed by atoms with E-state index in [4.69, 9.17) is 10.5 Å². The van der Waals surface area contributed by atoms with E-state index < -0.39 is 5.91 Å². The van der Waals surface area contributed by atoms with E-state index in [1.54, 1.807) is 24.3 Å². The van der Waals surface area contributed by atoms with E-state index in [1.165, 1.54) is 0 Å². The first-order chi connectivity index (χ1) is 8.70. The van der Waals surface area contributed by atoms with Gasteiger partial charge in [-0.25, -0.2) is 0 Å². The van der Waals surface area contributed by atoms with E-state index in [0.29, 0.717) is 11.3 Å². The fraction of sp³-hybridized carbons (Fsp3) is 0.133. The zero-order chi connectivity index (χ0) is 13.0. The molecule has 18 heavy (non-hydrogen) atoms. The SMILES string of the molecule is CCc1ccccc1Oc1cccc(C(N)=O)c1. The van der Waals surface area contributed by atoms with E-state index in [2.05, 4.69) is 6.92 Å². The molecule has 2 N–H and O–H groups in total. The first-order valence-electron chi connectivity index (χ1n) is 5.86. The maximum absolute atomic E-state index is 11.1. The van der Waals surface area contributed by atoms with Crippen molar-refractivity contribution in [3.63, 3.8) is 0 Å². The second-order valence-electron chi connectivity index (χ2n) is 3.96. The summed E-state index contributed by atoms with van der Waals surface area (Å²) in [5.41, 5.74) is 6.81. The second kappa shape index (κ2) is 5.36. The van der Waals surface area contributed by atoms with Crippen LogP contribution in [0.25, 0.3) is 0 Å². The van der Waals surface area contributed by atoms with E-state index in [0.717, 1.165) is 17.7 Å². The van der Waals surface area contributed by atoms with Crippen LogP contribution in [0, 0.1) is 0 Å². The highest BCUT2D eigenvalue weighted by Crippen LogP contribution is 2.26. The fourth-order valence-electron chi connectivity index (χ4n) is 1.74. The molecule has 3 nitrogen and oxygen atoms in total. The molecule has 0 aromatic heterocycles. The third-order valence-electron chi connectivity index (χ3n) is 2.70. The molecule has 0 heterocycles. The molecule has 0 spiro atoms. The highest BCUT2D eigenvalue weighted by atomic mass is 16.5. The fourth-order valence-corrected chi connectivity index (χ4v) is 1.74. The summed E-state index contributed by atoms with van der Waals surface area (Å²) in [6.45, 7) is 2.07. The average Bonchev–Trinajstić information content (AvgIpc) is 2.39. The molecule has 92 valence electrons. The smallest absolute Gasteiger partial charge is 0.248 e. The Kier molecular flexibility index (Phi) is 3.63. The van der Waals surface area contributed by atoms with Gasteiger partial charge in [0.2, 0.25) is 5.91 Å². The van der Waals surface area contributed by atoms with Gasteiger partial charge in [0, 0.05) is 5.56 Å². The number of para-hydroxylation sites is 1.